The Morgan fingerprint density at radius 1 is 0.850 bits per heavy atom. The van der Waals surface area contributed by atoms with Gasteiger partial charge in [-0.25, -0.2) is 0 Å². The maximum atomic E-state index is 11.2. The second-order valence-electron chi connectivity index (χ2n) is 4.63. The monoisotopic (exact) mass is 288 g/mol. The molecule has 1 rings (SSSR count). The third-order valence-electron chi connectivity index (χ3n) is 2.98. The highest BCUT2D eigenvalue weighted by atomic mass is 16.6. The molecular formula is C15H28O5. The quantitative estimate of drug-likeness (QED) is 0.555. The highest BCUT2D eigenvalue weighted by Crippen LogP contribution is 2.15. The van der Waals surface area contributed by atoms with Crippen molar-refractivity contribution in [2.75, 3.05) is 26.9 Å². The van der Waals surface area contributed by atoms with Crippen LogP contribution in [0.2, 0.25) is 0 Å². The highest BCUT2D eigenvalue weighted by Gasteiger charge is 2.29. The van der Waals surface area contributed by atoms with E-state index in [1.54, 1.807) is 13.8 Å². The topological polar surface area (TPSA) is 61.8 Å². The van der Waals surface area contributed by atoms with E-state index in [1.807, 2.05) is 0 Å². The Kier molecular flexibility index (Phi) is 12.2. The van der Waals surface area contributed by atoms with Gasteiger partial charge in [0.2, 0.25) is 0 Å². The summed E-state index contributed by atoms with van der Waals surface area (Å²) in [5, 5.41) is 0. The molecule has 0 unspecified atom stereocenters. The highest BCUT2D eigenvalue weighted by molar-refractivity contribution is 5.95. The van der Waals surface area contributed by atoms with E-state index in [0.717, 1.165) is 0 Å². The Hall–Kier alpha value is -1.10. The third kappa shape index (κ3) is 8.91. The van der Waals surface area contributed by atoms with Gasteiger partial charge in [-0.15, -0.1) is 0 Å². The lowest BCUT2D eigenvalue weighted by atomic mass is 10.0. The fourth-order valence-electron chi connectivity index (χ4n) is 1.95. The first-order valence-corrected chi connectivity index (χ1v) is 7.49. The number of rotatable bonds is 6. The maximum absolute atomic E-state index is 11.2. The number of esters is 2. The molecule has 0 atom stereocenters. The molecule has 1 fully saturated rings. The van der Waals surface area contributed by atoms with Crippen molar-refractivity contribution >= 4 is 11.9 Å². The zero-order chi connectivity index (χ0) is 15.2. The second-order valence-corrected chi connectivity index (χ2v) is 4.63. The molecule has 0 N–H and O–H groups in total. The lowest BCUT2D eigenvalue weighted by Crippen LogP contribution is -2.31. The zero-order valence-corrected chi connectivity index (χ0v) is 13.0. The predicted molar refractivity (Wildman–Crippen MR) is 76.3 cm³/mol. The van der Waals surface area contributed by atoms with Gasteiger partial charge in [0.15, 0.2) is 5.92 Å². The van der Waals surface area contributed by atoms with Gasteiger partial charge in [-0.1, -0.05) is 38.5 Å². The summed E-state index contributed by atoms with van der Waals surface area (Å²) in [7, 11) is 1.41. The van der Waals surface area contributed by atoms with Crippen molar-refractivity contribution in [3.63, 3.8) is 0 Å². The predicted octanol–water partition coefficient (Wildman–Crippen LogP) is 2.72. The van der Waals surface area contributed by atoms with Crippen LogP contribution in [0.1, 0.15) is 52.4 Å². The molecule has 0 aromatic carbocycles. The molecule has 0 saturated heterocycles. The van der Waals surface area contributed by atoms with E-state index in [1.165, 1.54) is 45.6 Å². The van der Waals surface area contributed by atoms with Crippen molar-refractivity contribution in [2.24, 2.45) is 5.92 Å². The van der Waals surface area contributed by atoms with Gasteiger partial charge in [-0.2, -0.15) is 0 Å². The Balaban J connectivity index is 0.000000493. The molecule has 0 amide bonds. The van der Waals surface area contributed by atoms with Gasteiger partial charge >= 0.3 is 11.9 Å². The molecule has 0 spiro atoms. The number of hydrogen-bond donors (Lipinski definition) is 0. The SMILES string of the molecule is C1CCCCC1.CCOC(=O)C(COC)C(=O)OCC. The number of carbonyl (C=O) groups is 2. The minimum atomic E-state index is -0.972. The van der Waals surface area contributed by atoms with Crippen molar-refractivity contribution in [2.45, 2.75) is 52.4 Å². The standard InChI is InChI=1S/C9H16O5.C6H12/c1-4-13-8(10)7(6-12-3)9(11)14-5-2;1-2-4-6-5-3-1/h7H,4-6H2,1-3H3;1-6H2. The Labute approximate surface area is 122 Å². The Morgan fingerprint density at radius 2 is 1.20 bits per heavy atom. The van der Waals surface area contributed by atoms with E-state index in [-0.39, 0.29) is 19.8 Å². The first-order valence-electron chi connectivity index (χ1n) is 7.49. The summed E-state index contributed by atoms with van der Waals surface area (Å²) in [5.74, 6) is -2.18. The van der Waals surface area contributed by atoms with Crippen LogP contribution < -0.4 is 0 Å². The van der Waals surface area contributed by atoms with E-state index in [2.05, 4.69) is 0 Å². The largest absolute Gasteiger partial charge is 0.465 e. The smallest absolute Gasteiger partial charge is 0.322 e. The van der Waals surface area contributed by atoms with Crippen molar-refractivity contribution in [1.82, 2.24) is 0 Å². The molecule has 1 aliphatic carbocycles. The van der Waals surface area contributed by atoms with E-state index >= 15 is 0 Å². The number of hydrogen-bond acceptors (Lipinski definition) is 5. The summed E-state index contributed by atoms with van der Waals surface area (Å²) in [6, 6.07) is 0. The fourth-order valence-corrected chi connectivity index (χ4v) is 1.95. The summed E-state index contributed by atoms with van der Waals surface area (Å²) in [4.78, 5) is 22.5. The molecule has 0 radical (unpaired) electrons. The molecule has 5 heteroatoms. The molecule has 5 nitrogen and oxygen atoms in total. The average molecular weight is 288 g/mol. The minimum absolute atomic E-state index is 0.0162. The van der Waals surface area contributed by atoms with Gasteiger partial charge < -0.3 is 14.2 Å². The van der Waals surface area contributed by atoms with E-state index in [0.29, 0.717) is 0 Å². The van der Waals surface area contributed by atoms with Crippen LogP contribution in [0.15, 0.2) is 0 Å². The first-order chi connectivity index (χ1) is 9.67. The van der Waals surface area contributed by atoms with Crippen LogP contribution in [-0.4, -0.2) is 38.9 Å². The maximum Gasteiger partial charge on any atom is 0.322 e. The summed E-state index contributed by atoms with van der Waals surface area (Å²) in [6.07, 6.45) is 9.00. The molecule has 0 aromatic rings. The van der Waals surface area contributed by atoms with Crippen LogP contribution in [0.25, 0.3) is 0 Å². The first kappa shape index (κ1) is 18.9. The second kappa shape index (κ2) is 12.9. The third-order valence-corrected chi connectivity index (χ3v) is 2.98. The lowest BCUT2D eigenvalue weighted by molar-refractivity contribution is -0.163. The Morgan fingerprint density at radius 3 is 1.45 bits per heavy atom. The minimum Gasteiger partial charge on any atom is -0.465 e. The molecule has 118 valence electrons. The van der Waals surface area contributed by atoms with Crippen molar-refractivity contribution in [3.8, 4) is 0 Å². The van der Waals surface area contributed by atoms with E-state index < -0.39 is 17.9 Å². The fraction of sp³-hybridized carbons (Fsp3) is 0.867. The summed E-state index contributed by atoms with van der Waals surface area (Å²) in [6.45, 7) is 3.80. The molecule has 0 aliphatic heterocycles. The van der Waals surface area contributed by atoms with Crippen LogP contribution in [0.4, 0.5) is 0 Å². The average Bonchev–Trinajstić information content (AvgIpc) is 2.47. The van der Waals surface area contributed by atoms with E-state index in [4.69, 9.17) is 14.2 Å². The van der Waals surface area contributed by atoms with Crippen LogP contribution in [0.5, 0.6) is 0 Å². The molecule has 1 aliphatic rings. The van der Waals surface area contributed by atoms with E-state index in [9.17, 15) is 9.59 Å². The molecule has 0 heterocycles. The summed E-state index contributed by atoms with van der Waals surface area (Å²) < 4.78 is 14.1. The van der Waals surface area contributed by atoms with Crippen molar-refractivity contribution in [3.05, 3.63) is 0 Å². The number of carbonyl (C=O) groups excluding carboxylic acids is 2. The number of methoxy groups -OCH3 is 1. The van der Waals surface area contributed by atoms with Crippen LogP contribution >= 0.6 is 0 Å². The van der Waals surface area contributed by atoms with Crippen molar-refractivity contribution in [1.29, 1.82) is 0 Å². The molecule has 1 saturated carbocycles. The van der Waals surface area contributed by atoms with Gasteiger partial charge in [0.05, 0.1) is 19.8 Å². The zero-order valence-electron chi connectivity index (χ0n) is 13.0. The Bertz CT molecular complexity index is 231. The van der Waals surface area contributed by atoms with Crippen molar-refractivity contribution < 1.29 is 23.8 Å². The van der Waals surface area contributed by atoms with Gasteiger partial charge in [-0.3, -0.25) is 9.59 Å². The lowest BCUT2D eigenvalue weighted by Gasteiger charge is -2.12. The summed E-state index contributed by atoms with van der Waals surface area (Å²) >= 11 is 0. The normalized spacial score (nSPS) is 14.2. The van der Waals surface area contributed by atoms with Gasteiger partial charge in [0.25, 0.3) is 0 Å². The van der Waals surface area contributed by atoms with Gasteiger partial charge in [0.1, 0.15) is 0 Å². The van der Waals surface area contributed by atoms with Gasteiger partial charge in [-0.05, 0) is 13.8 Å². The molecular weight excluding hydrogens is 260 g/mol. The molecule has 0 bridgehead atoms. The van der Waals surface area contributed by atoms with Crippen LogP contribution in [-0.2, 0) is 23.8 Å². The van der Waals surface area contributed by atoms with Gasteiger partial charge in [0, 0.05) is 7.11 Å². The van der Waals surface area contributed by atoms with Crippen LogP contribution in [0.3, 0.4) is 0 Å². The number of ether oxygens (including phenoxy) is 3. The molecule has 0 aromatic heterocycles. The molecule has 20 heavy (non-hydrogen) atoms. The van der Waals surface area contributed by atoms with Crippen LogP contribution in [0, 0.1) is 5.92 Å². The summed E-state index contributed by atoms with van der Waals surface area (Å²) in [5.41, 5.74) is 0.